The number of carbonyl (C=O) groups is 1. The first kappa shape index (κ1) is 14.0. The van der Waals surface area contributed by atoms with Crippen LogP contribution >= 0.6 is 0 Å². The van der Waals surface area contributed by atoms with E-state index in [0.29, 0.717) is 6.42 Å². The topological polar surface area (TPSA) is 35.6 Å². The number of amides is 1. The van der Waals surface area contributed by atoms with E-state index < -0.39 is 0 Å². The van der Waals surface area contributed by atoms with Crippen LogP contribution in [0.4, 0.5) is 0 Å². The van der Waals surface area contributed by atoms with E-state index in [9.17, 15) is 4.79 Å². The first-order valence-corrected chi connectivity index (χ1v) is 7.41. The van der Waals surface area contributed by atoms with Gasteiger partial charge in [-0.2, -0.15) is 0 Å². The van der Waals surface area contributed by atoms with Crippen LogP contribution in [0, 0.1) is 0 Å². The van der Waals surface area contributed by atoms with Gasteiger partial charge in [-0.3, -0.25) is 10.2 Å². The number of nitrogens with zero attached hydrogens (tertiary/aromatic N) is 2. The summed E-state index contributed by atoms with van der Waals surface area (Å²) >= 11 is 0. The molecule has 1 saturated heterocycles. The summed E-state index contributed by atoms with van der Waals surface area (Å²) in [7, 11) is 2.11. The number of likely N-dealkylation sites (N-methyl/N-ethyl adjacent to an activating group) is 1. The van der Waals surface area contributed by atoms with Crippen molar-refractivity contribution in [1.82, 2.24) is 15.3 Å². The molecule has 0 aromatic heterocycles. The lowest BCUT2D eigenvalue weighted by atomic mass is 10.1. The Bertz CT molecular complexity index is 633. The second-order valence-electron chi connectivity index (χ2n) is 5.68. The lowest BCUT2D eigenvalue weighted by molar-refractivity contribution is -0.126. The molecule has 0 saturated carbocycles. The Balaban J connectivity index is 1.60. The molecule has 0 spiro atoms. The third-order valence-corrected chi connectivity index (χ3v) is 3.96. The predicted molar refractivity (Wildman–Crippen MR) is 84.9 cm³/mol. The molecule has 4 nitrogen and oxygen atoms in total. The molecule has 1 fully saturated rings. The van der Waals surface area contributed by atoms with Gasteiger partial charge < -0.3 is 4.90 Å². The zero-order chi connectivity index (χ0) is 14.7. The van der Waals surface area contributed by atoms with Crippen LogP contribution < -0.4 is 5.43 Å². The van der Waals surface area contributed by atoms with Crippen LogP contribution in [0.5, 0.6) is 0 Å². The Morgan fingerprint density at radius 2 is 1.76 bits per heavy atom. The van der Waals surface area contributed by atoms with Crippen LogP contribution in [-0.4, -0.2) is 49.0 Å². The van der Waals surface area contributed by atoms with Crippen LogP contribution in [0.25, 0.3) is 10.8 Å². The van der Waals surface area contributed by atoms with Crippen LogP contribution in [0.2, 0.25) is 0 Å². The highest BCUT2D eigenvalue weighted by atomic mass is 16.2. The van der Waals surface area contributed by atoms with E-state index >= 15 is 0 Å². The number of benzene rings is 2. The molecule has 2 aromatic rings. The maximum Gasteiger partial charge on any atom is 0.238 e. The third kappa shape index (κ3) is 3.60. The van der Waals surface area contributed by atoms with Crippen LogP contribution in [0.15, 0.2) is 42.5 Å². The van der Waals surface area contributed by atoms with Crippen molar-refractivity contribution in [2.45, 2.75) is 6.42 Å². The van der Waals surface area contributed by atoms with Crippen molar-refractivity contribution < 1.29 is 4.79 Å². The van der Waals surface area contributed by atoms with Gasteiger partial charge in [0.1, 0.15) is 0 Å². The van der Waals surface area contributed by atoms with Gasteiger partial charge >= 0.3 is 0 Å². The average Bonchev–Trinajstić information content (AvgIpc) is 2.49. The van der Waals surface area contributed by atoms with E-state index in [1.807, 2.05) is 23.2 Å². The smallest absolute Gasteiger partial charge is 0.238 e. The van der Waals surface area contributed by atoms with Crippen molar-refractivity contribution in [2.24, 2.45) is 0 Å². The standard InChI is InChI=1S/C17H21N3O/c1-19-8-10-20(11-9-19)18-17(21)13-14-6-7-15-4-2-3-5-16(15)12-14/h2-7,12H,8-11,13H2,1H3,(H,18,21). The van der Waals surface area contributed by atoms with E-state index in [1.54, 1.807) is 0 Å². The van der Waals surface area contributed by atoms with Gasteiger partial charge in [0.05, 0.1) is 6.42 Å². The molecule has 110 valence electrons. The zero-order valence-corrected chi connectivity index (χ0v) is 12.4. The number of rotatable bonds is 3. The van der Waals surface area contributed by atoms with Crippen molar-refractivity contribution in [3.63, 3.8) is 0 Å². The SMILES string of the molecule is CN1CCN(NC(=O)Cc2ccc3ccccc3c2)CC1. The lowest BCUT2D eigenvalue weighted by Gasteiger charge is -2.32. The first-order chi connectivity index (χ1) is 10.2. The Hall–Kier alpha value is -1.91. The monoisotopic (exact) mass is 283 g/mol. The Morgan fingerprint density at radius 3 is 2.52 bits per heavy atom. The highest BCUT2D eigenvalue weighted by Crippen LogP contribution is 2.15. The maximum absolute atomic E-state index is 12.1. The van der Waals surface area contributed by atoms with Crippen molar-refractivity contribution >= 4 is 16.7 Å². The van der Waals surface area contributed by atoms with Gasteiger partial charge in [-0.15, -0.1) is 0 Å². The molecular weight excluding hydrogens is 262 g/mol. The number of hydrogen-bond acceptors (Lipinski definition) is 3. The van der Waals surface area contributed by atoms with Crippen molar-refractivity contribution in [2.75, 3.05) is 33.2 Å². The highest BCUT2D eigenvalue weighted by molar-refractivity contribution is 5.85. The number of hydrogen-bond donors (Lipinski definition) is 1. The van der Waals surface area contributed by atoms with Crippen LogP contribution in [0.3, 0.4) is 0 Å². The first-order valence-electron chi connectivity index (χ1n) is 7.41. The second kappa shape index (κ2) is 6.24. The molecule has 0 atom stereocenters. The predicted octanol–water partition coefficient (Wildman–Crippen LogP) is 1.66. The molecule has 1 N–H and O–H groups in total. The van der Waals surface area contributed by atoms with E-state index in [4.69, 9.17) is 0 Å². The molecule has 21 heavy (non-hydrogen) atoms. The van der Waals surface area contributed by atoms with Gasteiger partial charge in [0.25, 0.3) is 0 Å². The minimum absolute atomic E-state index is 0.0647. The fourth-order valence-corrected chi connectivity index (χ4v) is 2.67. The van der Waals surface area contributed by atoms with Gasteiger partial charge in [-0.1, -0.05) is 42.5 Å². The van der Waals surface area contributed by atoms with Gasteiger partial charge in [-0.25, -0.2) is 5.01 Å². The Morgan fingerprint density at radius 1 is 1.05 bits per heavy atom. The fraction of sp³-hybridized carbons (Fsp3) is 0.353. The number of nitrogens with one attached hydrogen (secondary N) is 1. The molecular formula is C17H21N3O. The van der Waals surface area contributed by atoms with E-state index in [-0.39, 0.29) is 5.91 Å². The molecule has 1 heterocycles. The molecule has 0 unspecified atom stereocenters. The lowest BCUT2D eigenvalue weighted by Crippen LogP contribution is -2.52. The summed E-state index contributed by atoms with van der Waals surface area (Å²) in [5.41, 5.74) is 4.06. The summed E-state index contributed by atoms with van der Waals surface area (Å²) in [4.78, 5) is 14.4. The zero-order valence-electron chi connectivity index (χ0n) is 12.4. The molecule has 0 bridgehead atoms. The minimum Gasteiger partial charge on any atom is -0.304 e. The van der Waals surface area contributed by atoms with Crippen LogP contribution in [-0.2, 0) is 11.2 Å². The molecule has 1 amide bonds. The summed E-state index contributed by atoms with van der Waals surface area (Å²) in [6, 6.07) is 14.4. The molecule has 1 aliphatic heterocycles. The van der Waals surface area contributed by atoms with Crippen LogP contribution in [0.1, 0.15) is 5.56 Å². The number of carbonyl (C=O) groups excluding carboxylic acids is 1. The number of piperazine rings is 1. The summed E-state index contributed by atoms with van der Waals surface area (Å²) in [6.45, 7) is 3.77. The van der Waals surface area contributed by atoms with E-state index in [1.165, 1.54) is 10.8 Å². The molecule has 1 aliphatic rings. The Labute approximate surface area is 125 Å². The van der Waals surface area contributed by atoms with Crippen molar-refractivity contribution in [3.8, 4) is 0 Å². The molecule has 3 rings (SSSR count). The summed E-state index contributed by atoms with van der Waals surface area (Å²) < 4.78 is 0. The quantitative estimate of drug-likeness (QED) is 0.930. The highest BCUT2D eigenvalue weighted by Gasteiger charge is 2.15. The number of fused-ring (bicyclic) bond motifs is 1. The van der Waals surface area contributed by atoms with E-state index in [2.05, 4.69) is 41.6 Å². The summed E-state index contributed by atoms with van der Waals surface area (Å²) in [6.07, 6.45) is 0.428. The molecule has 4 heteroatoms. The maximum atomic E-state index is 12.1. The van der Waals surface area contributed by atoms with Gasteiger partial charge in [0, 0.05) is 26.2 Å². The largest absolute Gasteiger partial charge is 0.304 e. The van der Waals surface area contributed by atoms with Crippen molar-refractivity contribution in [3.05, 3.63) is 48.0 Å². The summed E-state index contributed by atoms with van der Waals surface area (Å²) in [5, 5.41) is 4.41. The second-order valence-corrected chi connectivity index (χ2v) is 5.68. The fourth-order valence-electron chi connectivity index (χ4n) is 2.67. The van der Waals surface area contributed by atoms with Gasteiger partial charge in [0.2, 0.25) is 5.91 Å². The molecule has 0 radical (unpaired) electrons. The molecule has 0 aliphatic carbocycles. The van der Waals surface area contributed by atoms with E-state index in [0.717, 1.165) is 31.7 Å². The summed E-state index contributed by atoms with van der Waals surface area (Å²) in [5.74, 6) is 0.0647. The average molecular weight is 283 g/mol. The molecule has 2 aromatic carbocycles. The normalized spacial score (nSPS) is 17.0. The third-order valence-electron chi connectivity index (χ3n) is 3.96. The Kier molecular flexibility index (Phi) is 4.18. The number of hydrazine groups is 1. The minimum atomic E-state index is 0.0647. The van der Waals surface area contributed by atoms with Crippen molar-refractivity contribution in [1.29, 1.82) is 0 Å². The van der Waals surface area contributed by atoms with Gasteiger partial charge in [-0.05, 0) is 23.4 Å². The van der Waals surface area contributed by atoms with Gasteiger partial charge in [0.15, 0.2) is 0 Å².